The number of thiophene rings is 1. The van der Waals surface area contributed by atoms with Gasteiger partial charge >= 0.3 is 0 Å². The monoisotopic (exact) mass is 256 g/mol. The van der Waals surface area contributed by atoms with E-state index in [4.69, 9.17) is 0 Å². The minimum atomic E-state index is 0.464. The molecule has 3 unspecified atom stereocenters. The molecule has 2 nitrogen and oxygen atoms in total. The maximum atomic E-state index is 3.74. The van der Waals surface area contributed by atoms with Gasteiger partial charge in [-0.05, 0) is 47.0 Å². The Labute approximate surface area is 111 Å². The van der Waals surface area contributed by atoms with Crippen molar-refractivity contribution in [3.63, 3.8) is 0 Å². The summed E-state index contributed by atoms with van der Waals surface area (Å²) in [6.45, 7) is 1.13. The van der Waals surface area contributed by atoms with E-state index < -0.39 is 0 Å². The average molecular weight is 256 g/mol. The highest BCUT2D eigenvalue weighted by Crippen LogP contribution is 2.47. The Morgan fingerprint density at radius 2 is 2.06 bits per heavy atom. The second kappa shape index (κ2) is 4.11. The molecule has 3 atom stereocenters. The molecule has 1 saturated heterocycles. The summed E-state index contributed by atoms with van der Waals surface area (Å²) in [5.41, 5.74) is 4.17. The van der Waals surface area contributed by atoms with Crippen LogP contribution in [-0.2, 0) is 0 Å². The van der Waals surface area contributed by atoms with Gasteiger partial charge in [0.05, 0.1) is 6.04 Å². The third-order valence-corrected chi connectivity index (χ3v) is 4.91. The topological polar surface area (TPSA) is 24.1 Å². The largest absolute Gasteiger partial charge is 0.378 e. The van der Waals surface area contributed by atoms with E-state index in [9.17, 15) is 0 Å². The van der Waals surface area contributed by atoms with Gasteiger partial charge in [-0.3, -0.25) is 0 Å². The summed E-state index contributed by atoms with van der Waals surface area (Å²) < 4.78 is 0. The molecule has 1 aromatic carbocycles. The Morgan fingerprint density at radius 1 is 1.11 bits per heavy atom. The second-order valence-corrected chi connectivity index (χ2v) is 5.93. The first-order chi connectivity index (χ1) is 8.93. The molecule has 3 heteroatoms. The normalized spacial score (nSPS) is 29.4. The van der Waals surface area contributed by atoms with E-state index in [1.54, 1.807) is 11.3 Å². The minimum Gasteiger partial charge on any atom is -0.378 e. The molecule has 1 aromatic heterocycles. The van der Waals surface area contributed by atoms with Gasteiger partial charge in [-0.25, -0.2) is 0 Å². The van der Waals surface area contributed by atoms with Gasteiger partial charge in [-0.15, -0.1) is 0 Å². The maximum Gasteiger partial charge on any atom is 0.0568 e. The molecule has 2 N–H and O–H groups in total. The first-order valence-electron chi connectivity index (χ1n) is 6.54. The van der Waals surface area contributed by atoms with Gasteiger partial charge in [0, 0.05) is 17.6 Å². The van der Waals surface area contributed by atoms with Gasteiger partial charge in [0.25, 0.3) is 0 Å². The lowest BCUT2D eigenvalue weighted by atomic mass is 9.81. The summed E-state index contributed by atoms with van der Waals surface area (Å²) in [5, 5.41) is 11.9. The lowest BCUT2D eigenvalue weighted by Gasteiger charge is -2.36. The first-order valence-corrected chi connectivity index (χ1v) is 7.49. The average Bonchev–Trinajstić information content (AvgIpc) is 3.09. The number of rotatable bonds is 1. The van der Waals surface area contributed by atoms with Crippen molar-refractivity contribution in [2.24, 2.45) is 5.92 Å². The van der Waals surface area contributed by atoms with Gasteiger partial charge < -0.3 is 10.6 Å². The van der Waals surface area contributed by atoms with E-state index in [0.717, 1.165) is 6.54 Å². The van der Waals surface area contributed by atoms with E-state index in [-0.39, 0.29) is 0 Å². The van der Waals surface area contributed by atoms with Crippen LogP contribution in [0, 0.1) is 5.92 Å². The van der Waals surface area contributed by atoms with Crippen LogP contribution >= 0.6 is 11.3 Å². The van der Waals surface area contributed by atoms with Crippen molar-refractivity contribution in [1.82, 2.24) is 5.32 Å². The highest BCUT2D eigenvalue weighted by Gasteiger charge is 2.39. The summed E-state index contributed by atoms with van der Waals surface area (Å²) in [7, 11) is 0. The Kier molecular flexibility index (Phi) is 2.42. The van der Waals surface area contributed by atoms with Crippen LogP contribution < -0.4 is 10.6 Å². The van der Waals surface area contributed by atoms with Crippen molar-refractivity contribution in [2.75, 3.05) is 11.9 Å². The van der Waals surface area contributed by atoms with Crippen LogP contribution in [-0.4, -0.2) is 6.54 Å². The zero-order chi connectivity index (χ0) is 11.9. The van der Waals surface area contributed by atoms with Gasteiger partial charge in [0.1, 0.15) is 0 Å². The zero-order valence-electron chi connectivity index (χ0n) is 10.1. The number of hydrogen-bond acceptors (Lipinski definition) is 3. The summed E-state index contributed by atoms with van der Waals surface area (Å²) in [6.07, 6.45) is 1.26. The standard InChI is InChI=1S/C15H16N2S/c1-2-4-13-11(3-1)15-12(5-7-16-15)14(17-13)10-6-8-18-9-10/h1-4,6,8-9,12,14-17H,5,7H2. The molecule has 0 aliphatic carbocycles. The molecule has 2 aromatic rings. The van der Waals surface area contributed by atoms with E-state index >= 15 is 0 Å². The predicted octanol–water partition coefficient (Wildman–Crippen LogP) is 3.57. The van der Waals surface area contributed by atoms with Crippen LogP contribution in [0.1, 0.15) is 29.6 Å². The van der Waals surface area contributed by atoms with Crippen molar-refractivity contribution in [3.8, 4) is 0 Å². The van der Waals surface area contributed by atoms with Crippen LogP contribution in [0.25, 0.3) is 0 Å². The number of para-hydroxylation sites is 1. The molecule has 92 valence electrons. The molecule has 0 amide bonds. The number of nitrogens with one attached hydrogen (secondary N) is 2. The van der Waals surface area contributed by atoms with Crippen LogP contribution in [0.15, 0.2) is 41.1 Å². The fraction of sp³-hybridized carbons (Fsp3) is 0.333. The van der Waals surface area contributed by atoms with Crippen molar-refractivity contribution in [2.45, 2.75) is 18.5 Å². The SMILES string of the molecule is c1ccc2c(c1)NC(c1ccsc1)C1CCNC21. The summed E-state index contributed by atoms with van der Waals surface area (Å²) in [6, 6.07) is 12.0. The molecule has 0 bridgehead atoms. The van der Waals surface area contributed by atoms with E-state index in [2.05, 4.69) is 51.7 Å². The van der Waals surface area contributed by atoms with Crippen molar-refractivity contribution in [1.29, 1.82) is 0 Å². The van der Waals surface area contributed by atoms with Gasteiger partial charge in [-0.1, -0.05) is 18.2 Å². The van der Waals surface area contributed by atoms with Crippen LogP contribution in [0.3, 0.4) is 0 Å². The fourth-order valence-electron chi connectivity index (χ4n) is 3.38. The highest BCUT2D eigenvalue weighted by molar-refractivity contribution is 7.08. The predicted molar refractivity (Wildman–Crippen MR) is 76.0 cm³/mol. The van der Waals surface area contributed by atoms with Crippen molar-refractivity contribution < 1.29 is 0 Å². The fourth-order valence-corrected chi connectivity index (χ4v) is 4.08. The van der Waals surface area contributed by atoms with Gasteiger partial charge in [-0.2, -0.15) is 11.3 Å². The minimum absolute atomic E-state index is 0.464. The molecule has 2 aliphatic rings. The maximum absolute atomic E-state index is 3.74. The second-order valence-electron chi connectivity index (χ2n) is 5.15. The van der Waals surface area contributed by atoms with Gasteiger partial charge in [0.15, 0.2) is 0 Å². The van der Waals surface area contributed by atoms with Gasteiger partial charge in [0.2, 0.25) is 0 Å². The number of fused-ring (bicyclic) bond motifs is 3. The van der Waals surface area contributed by atoms with E-state index in [1.165, 1.54) is 23.2 Å². The molecule has 4 rings (SSSR count). The lowest BCUT2D eigenvalue weighted by molar-refractivity contribution is 0.391. The van der Waals surface area contributed by atoms with Crippen molar-refractivity contribution >= 4 is 17.0 Å². The third-order valence-electron chi connectivity index (χ3n) is 4.21. The number of benzene rings is 1. The van der Waals surface area contributed by atoms with Crippen LogP contribution in [0.5, 0.6) is 0 Å². The quantitative estimate of drug-likeness (QED) is 0.815. The number of hydrogen-bond donors (Lipinski definition) is 2. The molecule has 0 spiro atoms. The Hall–Kier alpha value is -1.32. The molecule has 3 heterocycles. The Morgan fingerprint density at radius 3 is 2.94 bits per heavy atom. The Bertz CT molecular complexity index is 549. The van der Waals surface area contributed by atoms with Crippen LogP contribution in [0.4, 0.5) is 5.69 Å². The molecule has 0 saturated carbocycles. The first kappa shape index (κ1) is 10.6. The molecule has 0 radical (unpaired) electrons. The molecule has 2 aliphatic heterocycles. The summed E-state index contributed by atoms with van der Waals surface area (Å²) >= 11 is 1.79. The smallest absolute Gasteiger partial charge is 0.0568 e. The van der Waals surface area contributed by atoms with Crippen molar-refractivity contribution in [3.05, 3.63) is 52.2 Å². The lowest BCUT2D eigenvalue weighted by Crippen LogP contribution is -2.32. The molecule has 1 fully saturated rings. The zero-order valence-corrected chi connectivity index (χ0v) is 10.9. The summed E-state index contributed by atoms with van der Waals surface area (Å²) in [4.78, 5) is 0. The highest BCUT2D eigenvalue weighted by atomic mass is 32.1. The molecule has 18 heavy (non-hydrogen) atoms. The molecular weight excluding hydrogens is 240 g/mol. The number of anilines is 1. The third kappa shape index (κ3) is 1.51. The van der Waals surface area contributed by atoms with Crippen LogP contribution in [0.2, 0.25) is 0 Å². The van der Waals surface area contributed by atoms with E-state index in [0.29, 0.717) is 18.0 Å². The Balaban J connectivity index is 1.80. The summed E-state index contributed by atoms with van der Waals surface area (Å²) in [5.74, 6) is 0.675. The van der Waals surface area contributed by atoms with E-state index in [1.807, 2.05) is 0 Å². The molecular formula is C15H16N2S.